The van der Waals surface area contributed by atoms with E-state index in [2.05, 4.69) is 15.3 Å². The molecule has 0 radical (unpaired) electrons. The Labute approximate surface area is 121 Å². The first-order valence-electron chi connectivity index (χ1n) is 6.24. The largest absolute Gasteiger partial charge is 0.460 e. The van der Waals surface area contributed by atoms with Crippen LogP contribution in [0.25, 0.3) is 11.0 Å². The number of aromatic amines is 1. The van der Waals surface area contributed by atoms with E-state index in [-0.39, 0.29) is 24.2 Å². The second kappa shape index (κ2) is 6.06. The van der Waals surface area contributed by atoms with Gasteiger partial charge in [0.2, 0.25) is 0 Å². The van der Waals surface area contributed by atoms with Gasteiger partial charge in [-0.1, -0.05) is 0 Å². The van der Waals surface area contributed by atoms with Crippen LogP contribution < -0.4 is 10.1 Å². The monoisotopic (exact) mass is 298 g/mol. The molecule has 7 nitrogen and oxygen atoms in total. The number of fused-ring (bicyclic) bond motifs is 1. The van der Waals surface area contributed by atoms with Crippen molar-refractivity contribution in [2.75, 3.05) is 13.1 Å². The topological polar surface area (TPSA) is 93.1 Å². The predicted octanol–water partition coefficient (Wildman–Crippen LogP) is 2.02. The van der Waals surface area contributed by atoms with Crippen molar-refractivity contribution in [1.82, 2.24) is 15.3 Å². The Kier molecular flexibility index (Phi) is 4.41. The molecule has 2 heterocycles. The van der Waals surface area contributed by atoms with Gasteiger partial charge < -0.3 is 15.0 Å². The smallest absolute Gasteiger partial charge is 0.294 e. The number of nitrogens with one attached hydrogen (secondary N) is 2. The van der Waals surface area contributed by atoms with Crippen LogP contribution in [-0.2, 0) is 0 Å². The van der Waals surface area contributed by atoms with Gasteiger partial charge in [0.15, 0.2) is 0 Å². The fourth-order valence-electron chi connectivity index (χ4n) is 2.22. The maximum atomic E-state index is 10.7. The predicted molar refractivity (Wildman–Crippen MR) is 76.5 cm³/mol. The van der Waals surface area contributed by atoms with Gasteiger partial charge in [-0.3, -0.25) is 10.1 Å². The molecule has 8 heteroatoms. The Morgan fingerprint density at radius 1 is 1.45 bits per heavy atom. The molecule has 0 saturated carbocycles. The van der Waals surface area contributed by atoms with Crippen molar-refractivity contribution in [2.24, 2.45) is 0 Å². The summed E-state index contributed by atoms with van der Waals surface area (Å²) in [6.45, 7) is 1.82. The molecule has 2 N–H and O–H groups in total. The van der Waals surface area contributed by atoms with Gasteiger partial charge in [0.05, 0.1) is 16.0 Å². The second-order valence-corrected chi connectivity index (χ2v) is 4.59. The number of H-pyrrole nitrogens is 1. The van der Waals surface area contributed by atoms with Crippen molar-refractivity contribution in [3.63, 3.8) is 0 Å². The number of nitro groups is 1. The van der Waals surface area contributed by atoms with E-state index in [1.807, 2.05) is 0 Å². The molecule has 1 aliphatic heterocycles. The molecule has 0 spiro atoms. The summed E-state index contributed by atoms with van der Waals surface area (Å²) in [6.07, 6.45) is 2.17. The molecule has 0 bridgehead atoms. The second-order valence-electron chi connectivity index (χ2n) is 4.59. The standard InChI is InChI=1S/C12H14N4O3.ClH/c17-16(18)8-3-4-10-11(6-8)15-12(14-10)19-9-2-1-5-13-7-9;/h3-4,6,9,13H,1-2,5,7H2,(H,14,15);1H/t9-;/m0./s1. The minimum absolute atomic E-state index is 0. The highest BCUT2D eigenvalue weighted by atomic mass is 35.5. The lowest BCUT2D eigenvalue weighted by Gasteiger charge is -2.22. The summed E-state index contributed by atoms with van der Waals surface area (Å²) in [7, 11) is 0. The van der Waals surface area contributed by atoms with E-state index < -0.39 is 4.92 Å². The van der Waals surface area contributed by atoms with Crippen LogP contribution in [0, 0.1) is 10.1 Å². The summed E-state index contributed by atoms with van der Waals surface area (Å²) in [6, 6.07) is 4.95. The van der Waals surface area contributed by atoms with Crippen LogP contribution >= 0.6 is 12.4 Å². The number of benzene rings is 1. The quantitative estimate of drug-likeness (QED) is 0.668. The summed E-state index contributed by atoms with van der Waals surface area (Å²) in [5, 5.41) is 14.0. The number of nitrogens with zero attached hydrogens (tertiary/aromatic N) is 2. The molecule has 1 aromatic heterocycles. The number of nitro benzene ring substituents is 1. The minimum atomic E-state index is -0.425. The van der Waals surface area contributed by atoms with Gasteiger partial charge >= 0.3 is 0 Å². The summed E-state index contributed by atoms with van der Waals surface area (Å²) < 4.78 is 5.74. The van der Waals surface area contributed by atoms with Crippen molar-refractivity contribution in [2.45, 2.75) is 18.9 Å². The highest BCUT2D eigenvalue weighted by Gasteiger charge is 2.17. The molecule has 0 unspecified atom stereocenters. The zero-order chi connectivity index (χ0) is 13.2. The van der Waals surface area contributed by atoms with E-state index in [1.54, 1.807) is 6.07 Å². The fraction of sp³-hybridized carbons (Fsp3) is 0.417. The van der Waals surface area contributed by atoms with Crippen molar-refractivity contribution in [3.8, 4) is 6.01 Å². The van der Waals surface area contributed by atoms with Crippen molar-refractivity contribution >= 4 is 29.1 Å². The third kappa shape index (κ3) is 3.00. The SMILES string of the molecule is Cl.O=[N+]([O-])c1ccc2nc(O[C@H]3CCCNC3)[nH]c2c1. The lowest BCUT2D eigenvalue weighted by atomic mass is 10.1. The summed E-state index contributed by atoms with van der Waals surface area (Å²) >= 11 is 0. The lowest BCUT2D eigenvalue weighted by molar-refractivity contribution is -0.384. The number of non-ortho nitro benzene ring substituents is 1. The molecule has 108 valence electrons. The number of hydrogen-bond acceptors (Lipinski definition) is 5. The van der Waals surface area contributed by atoms with Crippen LogP contribution in [0.3, 0.4) is 0 Å². The first-order chi connectivity index (χ1) is 9.22. The molecule has 1 saturated heterocycles. The van der Waals surface area contributed by atoms with Crippen molar-refractivity contribution < 1.29 is 9.66 Å². The normalized spacial score (nSPS) is 18.5. The van der Waals surface area contributed by atoms with Crippen LogP contribution in [0.15, 0.2) is 18.2 Å². The van der Waals surface area contributed by atoms with Crippen LogP contribution in [0.4, 0.5) is 5.69 Å². The maximum absolute atomic E-state index is 10.7. The van der Waals surface area contributed by atoms with E-state index in [4.69, 9.17) is 4.74 Å². The summed E-state index contributed by atoms with van der Waals surface area (Å²) in [5.41, 5.74) is 1.33. The molecule has 1 atom stereocenters. The molecular formula is C12H15ClN4O3. The van der Waals surface area contributed by atoms with Gasteiger partial charge in [0.1, 0.15) is 6.10 Å². The number of piperidine rings is 1. The van der Waals surface area contributed by atoms with E-state index >= 15 is 0 Å². The van der Waals surface area contributed by atoms with Gasteiger partial charge in [-0.2, -0.15) is 4.98 Å². The van der Waals surface area contributed by atoms with Gasteiger partial charge in [-0.05, 0) is 25.5 Å². The molecule has 0 amide bonds. The maximum Gasteiger partial charge on any atom is 0.294 e. The van der Waals surface area contributed by atoms with E-state index in [0.29, 0.717) is 17.0 Å². The van der Waals surface area contributed by atoms with Gasteiger partial charge in [-0.25, -0.2) is 0 Å². The average molecular weight is 299 g/mol. The zero-order valence-corrected chi connectivity index (χ0v) is 11.5. The highest BCUT2D eigenvalue weighted by molar-refractivity contribution is 5.85. The highest BCUT2D eigenvalue weighted by Crippen LogP contribution is 2.22. The van der Waals surface area contributed by atoms with E-state index in [1.165, 1.54) is 12.1 Å². The fourth-order valence-corrected chi connectivity index (χ4v) is 2.22. The van der Waals surface area contributed by atoms with Crippen molar-refractivity contribution in [3.05, 3.63) is 28.3 Å². The van der Waals surface area contributed by atoms with Crippen LogP contribution in [0.1, 0.15) is 12.8 Å². The van der Waals surface area contributed by atoms with Gasteiger partial charge in [0.25, 0.3) is 11.7 Å². The van der Waals surface area contributed by atoms with Gasteiger partial charge in [-0.15, -0.1) is 12.4 Å². The van der Waals surface area contributed by atoms with Crippen LogP contribution in [0.5, 0.6) is 6.01 Å². The zero-order valence-electron chi connectivity index (χ0n) is 10.7. The Morgan fingerprint density at radius 3 is 3.00 bits per heavy atom. The lowest BCUT2D eigenvalue weighted by Crippen LogP contribution is -2.37. The number of ether oxygens (including phenoxy) is 1. The summed E-state index contributed by atoms with van der Waals surface area (Å²) in [4.78, 5) is 17.5. The number of hydrogen-bond donors (Lipinski definition) is 2. The molecule has 1 aliphatic rings. The Bertz CT molecular complexity index is 610. The van der Waals surface area contributed by atoms with E-state index in [9.17, 15) is 10.1 Å². The number of imidazole rings is 1. The molecule has 1 aromatic carbocycles. The summed E-state index contributed by atoms with van der Waals surface area (Å²) in [5.74, 6) is 0. The molecular weight excluding hydrogens is 284 g/mol. The first-order valence-corrected chi connectivity index (χ1v) is 6.24. The van der Waals surface area contributed by atoms with Crippen LogP contribution in [-0.4, -0.2) is 34.1 Å². The third-order valence-corrected chi connectivity index (χ3v) is 3.18. The Balaban J connectivity index is 0.00000147. The number of aromatic nitrogens is 2. The van der Waals surface area contributed by atoms with Crippen molar-refractivity contribution in [1.29, 1.82) is 0 Å². The molecule has 1 fully saturated rings. The third-order valence-electron chi connectivity index (χ3n) is 3.18. The molecule has 20 heavy (non-hydrogen) atoms. The van der Waals surface area contributed by atoms with Gasteiger partial charge in [0, 0.05) is 18.7 Å². The number of halogens is 1. The minimum Gasteiger partial charge on any atom is -0.460 e. The van der Waals surface area contributed by atoms with Crippen LogP contribution in [0.2, 0.25) is 0 Å². The first kappa shape index (κ1) is 14.5. The molecule has 2 aromatic rings. The Morgan fingerprint density at radius 2 is 2.30 bits per heavy atom. The van der Waals surface area contributed by atoms with E-state index in [0.717, 1.165) is 25.9 Å². The Hall–Kier alpha value is -1.86. The molecule has 0 aliphatic carbocycles. The molecule has 3 rings (SSSR count). The number of rotatable bonds is 3. The average Bonchev–Trinajstić information content (AvgIpc) is 2.80.